The Morgan fingerprint density at radius 2 is 2.12 bits per heavy atom. The van der Waals surface area contributed by atoms with Crippen molar-refractivity contribution < 1.29 is 14.2 Å². The SMILES string of the molecule is COc1ccc(C(O)(CN)C2CC2)nc1C1=CC(Cl)C=C(F)C=C1. The lowest BCUT2D eigenvalue weighted by molar-refractivity contribution is 0.0178. The van der Waals surface area contributed by atoms with Crippen LogP contribution in [0.15, 0.2) is 42.3 Å². The van der Waals surface area contributed by atoms with Crippen molar-refractivity contribution in [3.8, 4) is 5.75 Å². The van der Waals surface area contributed by atoms with Gasteiger partial charge in [0.25, 0.3) is 0 Å². The van der Waals surface area contributed by atoms with Crippen LogP contribution in [0.1, 0.15) is 24.2 Å². The minimum Gasteiger partial charge on any atom is -0.494 e. The van der Waals surface area contributed by atoms with E-state index in [1.807, 2.05) is 0 Å². The van der Waals surface area contributed by atoms with Gasteiger partial charge in [0.15, 0.2) is 0 Å². The van der Waals surface area contributed by atoms with E-state index < -0.39 is 16.8 Å². The molecule has 1 heterocycles. The summed E-state index contributed by atoms with van der Waals surface area (Å²) in [5.74, 6) is 0.235. The Balaban J connectivity index is 2.07. The van der Waals surface area contributed by atoms with Gasteiger partial charge in [-0.1, -0.05) is 12.2 Å². The van der Waals surface area contributed by atoms with Crippen LogP contribution >= 0.6 is 11.6 Å². The summed E-state index contributed by atoms with van der Waals surface area (Å²) in [7, 11) is 1.54. The summed E-state index contributed by atoms with van der Waals surface area (Å²) in [4.78, 5) is 4.59. The molecule has 2 unspecified atom stereocenters. The first-order chi connectivity index (χ1) is 11.5. The number of ether oxygens (including phenoxy) is 1. The first-order valence-corrected chi connectivity index (χ1v) is 8.31. The molecule has 0 aromatic carbocycles. The summed E-state index contributed by atoms with van der Waals surface area (Å²) in [5.41, 5.74) is 6.30. The lowest BCUT2D eigenvalue weighted by Gasteiger charge is -2.27. The molecule has 24 heavy (non-hydrogen) atoms. The molecule has 0 saturated heterocycles. The topological polar surface area (TPSA) is 68.4 Å². The van der Waals surface area contributed by atoms with Gasteiger partial charge < -0.3 is 15.6 Å². The minimum atomic E-state index is -1.15. The molecule has 3 N–H and O–H groups in total. The molecule has 0 bridgehead atoms. The van der Waals surface area contributed by atoms with Crippen LogP contribution in [0.4, 0.5) is 4.39 Å². The van der Waals surface area contributed by atoms with Gasteiger partial charge in [0.1, 0.15) is 22.9 Å². The molecule has 0 spiro atoms. The second-order valence-electron chi connectivity index (χ2n) is 6.10. The summed E-state index contributed by atoms with van der Waals surface area (Å²) in [5, 5.41) is 10.3. The number of methoxy groups -OCH3 is 1. The van der Waals surface area contributed by atoms with Gasteiger partial charge in [-0.25, -0.2) is 9.37 Å². The number of hydrogen-bond donors (Lipinski definition) is 2. The smallest absolute Gasteiger partial charge is 0.145 e. The van der Waals surface area contributed by atoms with Crippen molar-refractivity contribution in [2.24, 2.45) is 11.7 Å². The maximum atomic E-state index is 13.6. The summed E-state index contributed by atoms with van der Waals surface area (Å²) in [6, 6.07) is 3.47. The van der Waals surface area contributed by atoms with E-state index in [-0.39, 0.29) is 12.5 Å². The van der Waals surface area contributed by atoms with Gasteiger partial charge in [0.2, 0.25) is 0 Å². The number of aliphatic hydroxyl groups is 1. The summed E-state index contributed by atoms with van der Waals surface area (Å²) in [6.07, 6.45) is 7.79. The zero-order valence-corrected chi connectivity index (χ0v) is 14.1. The van der Waals surface area contributed by atoms with Crippen molar-refractivity contribution in [1.29, 1.82) is 0 Å². The first kappa shape index (κ1) is 17.1. The zero-order chi connectivity index (χ0) is 17.3. The van der Waals surface area contributed by atoms with Crippen LogP contribution in [0.5, 0.6) is 5.75 Å². The van der Waals surface area contributed by atoms with Crippen LogP contribution in [-0.4, -0.2) is 29.1 Å². The number of halogens is 2. The minimum absolute atomic E-state index is 0.0969. The van der Waals surface area contributed by atoms with E-state index >= 15 is 0 Å². The molecule has 2 atom stereocenters. The van der Waals surface area contributed by atoms with E-state index in [1.165, 1.54) is 19.3 Å². The lowest BCUT2D eigenvalue weighted by atomic mass is 9.92. The molecule has 0 amide bonds. The maximum absolute atomic E-state index is 13.6. The Hall–Kier alpha value is -1.69. The third kappa shape index (κ3) is 3.24. The zero-order valence-electron chi connectivity index (χ0n) is 13.4. The molecule has 3 rings (SSSR count). The average molecular weight is 351 g/mol. The second kappa shape index (κ2) is 6.67. The van der Waals surface area contributed by atoms with Crippen LogP contribution in [-0.2, 0) is 5.60 Å². The second-order valence-corrected chi connectivity index (χ2v) is 6.61. The van der Waals surface area contributed by atoms with E-state index in [9.17, 15) is 9.50 Å². The highest BCUT2D eigenvalue weighted by Gasteiger charge is 2.45. The largest absolute Gasteiger partial charge is 0.494 e. The third-order valence-electron chi connectivity index (χ3n) is 4.44. The molecule has 2 aliphatic carbocycles. The Labute approximate surface area is 145 Å². The van der Waals surface area contributed by atoms with Crippen molar-refractivity contribution in [2.45, 2.75) is 23.8 Å². The van der Waals surface area contributed by atoms with E-state index in [0.29, 0.717) is 22.7 Å². The summed E-state index contributed by atoms with van der Waals surface area (Å²) >= 11 is 6.10. The summed E-state index contributed by atoms with van der Waals surface area (Å²) < 4.78 is 18.9. The molecule has 128 valence electrons. The van der Waals surface area contributed by atoms with Crippen LogP contribution < -0.4 is 10.5 Å². The van der Waals surface area contributed by atoms with Gasteiger partial charge in [0.05, 0.1) is 18.2 Å². The Morgan fingerprint density at radius 1 is 1.38 bits per heavy atom. The number of hydrogen-bond acceptors (Lipinski definition) is 4. The van der Waals surface area contributed by atoms with Gasteiger partial charge in [-0.15, -0.1) is 11.6 Å². The number of pyridine rings is 1. The molecule has 2 aliphatic rings. The van der Waals surface area contributed by atoms with Crippen LogP contribution in [0.2, 0.25) is 0 Å². The first-order valence-electron chi connectivity index (χ1n) is 7.87. The maximum Gasteiger partial charge on any atom is 0.145 e. The molecule has 1 aromatic rings. The molecule has 1 fully saturated rings. The van der Waals surface area contributed by atoms with Crippen molar-refractivity contribution in [3.05, 3.63) is 53.7 Å². The Morgan fingerprint density at radius 3 is 2.75 bits per heavy atom. The number of aromatic nitrogens is 1. The van der Waals surface area contributed by atoms with Gasteiger partial charge in [-0.05, 0) is 43.0 Å². The van der Waals surface area contributed by atoms with Gasteiger partial charge in [-0.2, -0.15) is 0 Å². The highest BCUT2D eigenvalue weighted by atomic mass is 35.5. The quantitative estimate of drug-likeness (QED) is 0.801. The predicted octanol–water partition coefficient (Wildman–Crippen LogP) is 3.06. The highest BCUT2D eigenvalue weighted by molar-refractivity contribution is 6.23. The Kier molecular flexibility index (Phi) is 4.76. The molecule has 1 saturated carbocycles. The fraction of sp³-hybridized carbons (Fsp3) is 0.389. The van der Waals surface area contributed by atoms with Gasteiger partial charge >= 0.3 is 0 Å². The summed E-state index contributed by atoms with van der Waals surface area (Å²) in [6.45, 7) is 0.0969. The number of allylic oxidation sites excluding steroid dienone is 6. The normalized spacial score (nSPS) is 23.1. The Bertz CT molecular complexity index is 728. The van der Waals surface area contributed by atoms with Crippen LogP contribution in [0.3, 0.4) is 0 Å². The fourth-order valence-corrected chi connectivity index (χ4v) is 3.17. The molecular weight excluding hydrogens is 331 g/mol. The standard InChI is InChI=1S/C18H20ClFN2O2/c1-24-15-6-7-16(18(23,10-21)12-3-4-12)22-17(15)11-2-5-14(20)9-13(19)8-11/h2,5-9,12-13,23H,3-4,10,21H2,1H3. The van der Waals surface area contributed by atoms with Gasteiger partial charge in [-0.3, -0.25) is 0 Å². The van der Waals surface area contributed by atoms with E-state index in [2.05, 4.69) is 4.98 Å². The average Bonchev–Trinajstić information content (AvgIpc) is 3.42. The third-order valence-corrected chi connectivity index (χ3v) is 4.69. The van der Waals surface area contributed by atoms with Gasteiger partial charge in [0, 0.05) is 12.1 Å². The predicted molar refractivity (Wildman–Crippen MR) is 92.4 cm³/mol. The van der Waals surface area contributed by atoms with Crippen molar-refractivity contribution in [2.75, 3.05) is 13.7 Å². The highest BCUT2D eigenvalue weighted by Crippen LogP contribution is 2.45. The van der Waals surface area contributed by atoms with Crippen molar-refractivity contribution in [1.82, 2.24) is 4.98 Å². The molecule has 0 radical (unpaired) electrons. The molecule has 1 aromatic heterocycles. The molecule has 4 nitrogen and oxygen atoms in total. The van der Waals surface area contributed by atoms with Crippen molar-refractivity contribution >= 4 is 17.2 Å². The monoisotopic (exact) mass is 350 g/mol. The van der Waals surface area contributed by atoms with Crippen LogP contribution in [0, 0.1) is 5.92 Å². The van der Waals surface area contributed by atoms with Crippen LogP contribution in [0.25, 0.3) is 5.57 Å². The van der Waals surface area contributed by atoms with E-state index in [4.69, 9.17) is 22.1 Å². The van der Waals surface area contributed by atoms with E-state index in [1.54, 1.807) is 24.3 Å². The molecule has 0 aliphatic heterocycles. The number of alkyl halides is 1. The van der Waals surface area contributed by atoms with E-state index in [0.717, 1.165) is 12.8 Å². The number of nitrogens with zero attached hydrogens (tertiary/aromatic N) is 1. The fourth-order valence-electron chi connectivity index (χ4n) is 2.91. The molecule has 6 heteroatoms. The van der Waals surface area contributed by atoms with Crippen molar-refractivity contribution in [3.63, 3.8) is 0 Å². The number of nitrogens with two attached hydrogens (primary N) is 1. The molecular formula is C18H20ClFN2O2. The lowest BCUT2D eigenvalue weighted by Crippen LogP contribution is -2.38. The number of rotatable bonds is 5.